The molecule has 0 aromatic carbocycles. The molecule has 0 aliphatic carbocycles. The van der Waals surface area contributed by atoms with E-state index in [1.807, 2.05) is 67.7 Å². The third-order valence-electron chi connectivity index (χ3n) is 5.41. The van der Waals surface area contributed by atoms with Gasteiger partial charge in [-0.25, -0.2) is 18.7 Å². The number of carbonyl (C=O) groups excluding carboxylic acids is 1. The monoisotopic (exact) mass is 468 g/mol. The Morgan fingerprint density at radius 3 is 2.32 bits per heavy atom. The zero-order valence-electron chi connectivity index (χ0n) is 19.9. The lowest BCUT2D eigenvalue weighted by Gasteiger charge is -2.28. The molecule has 0 atom stereocenters. The molecule has 5 rings (SSSR count). The zero-order valence-corrected chi connectivity index (χ0v) is 19.9. The number of aldehydes is 1. The fourth-order valence-corrected chi connectivity index (χ4v) is 3.50. The molecule has 0 radical (unpaired) electrons. The molecule has 1 N–H and O–H groups in total. The number of nitrogens with one attached hydrogen (secondary N) is 1. The summed E-state index contributed by atoms with van der Waals surface area (Å²) in [6, 6.07) is 7.67. The predicted molar refractivity (Wildman–Crippen MR) is 130 cm³/mol. The minimum absolute atomic E-state index is 0.0312. The van der Waals surface area contributed by atoms with Crippen molar-refractivity contribution < 1.29 is 13.6 Å². The molecule has 0 unspecified atom stereocenters. The van der Waals surface area contributed by atoms with Gasteiger partial charge in [-0.05, 0) is 38.2 Å². The van der Waals surface area contributed by atoms with Crippen molar-refractivity contribution in [2.45, 2.75) is 39.5 Å². The molecule has 9 heteroatoms. The Bertz CT molecular complexity index is 1210. The van der Waals surface area contributed by atoms with Gasteiger partial charge in [0.05, 0.1) is 29.5 Å². The number of aromatic amines is 1. The van der Waals surface area contributed by atoms with E-state index in [1.54, 1.807) is 18.6 Å². The van der Waals surface area contributed by atoms with Crippen LogP contribution in [0.2, 0.25) is 0 Å². The second-order valence-electron chi connectivity index (χ2n) is 7.93. The Morgan fingerprint density at radius 1 is 1.03 bits per heavy atom. The van der Waals surface area contributed by atoms with Crippen molar-refractivity contribution in [1.82, 2.24) is 29.4 Å². The first-order valence-electron chi connectivity index (χ1n) is 11.3. The van der Waals surface area contributed by atoms with E-state index in [0.717, 1.165) is 40.2 Å². The standard InChI is InChI=1S/C17H13N5O.C6H11F2N.C2H6/c1-11-18-9-16(21-11)15-3-2-14(8-19-15)22-5-4-13-6-12(10-23)7-20-17(13)22;1-9-4-2-6(7,8)3-5-9;1-2/h2-10H,1H3,(H,18,21);2-5H2,1H3;1-2H3. The number of halogens is 2. The van der Waals surface area contributed by atoms with Crippen molar-refractivity contribution >= 4 is 17.3 Å². The molecule has 34 heavy (non-hydrogen) atoms. The van der Waals surface area contributed by atoms with Gasteiger partial charge < -0.3 is 9.88 Å². The number of pyridine rings is 2. The Labute approximate surface area is 197 Å². The summed E-state index contributed by atoms with van der Waals surface area (Å²) >= 11 is 0. The van der Waals surface area contributed by atoms with Gasteiger partial charge in [-0.1, -0.05) is 13.8 Å². The van der Waals surface area contributed by atoms with Gasteiger partial charge in [0, 0.05) is 49.3 Å². The molecule has 1 aliphatic rings. The first kappa shape index (κ1) is 25.2. The molecule has 1 fully saturated rings. The number of H-pyrrole nitrogens is 1. The number of alkyl halides is 2. The van der Waals surface area contributed by atoms with Crippen molar-refractivity contribution in [2.75, 3.05) is 20.1 Å². The normalized spacial score (nSPS) is 15.1. The van der Waals surface area contributed by atoms with Crippen LogP contribution in [-0.4, -0.2) is 61.7 Å². The second-order valence-corrected chi connectivity index (χ2v) is 7.93. The maximum Gasteiger partial charge on any atom is 0.250 e. The Balaban J connectivity index is 0.000000248. The van der Waals surface area contributed by atoms with Crippen LogP contribution in [0.5, 0.6) is 0 Å². The predicted octanol–water partition coefficient (Wildman–Crippen LogP) is 5.31. The van der Waals surface area contributed by atoms with Crippen molar-refractivity contribution in [1.29, 1.82) is 0 Å². The number of nitrogens with zero attached hydrogens (tertiary/aromatic N) is 5. The summed E-state index contributed by atoms with van der Waals surface area (Å²) in [5, 5.41) is 0.919. The number of piperidine rings is 1. The molecule has 0 amide bonds. The number of imidazole rings is 1. The third kappa shape index (κ3) is 6.11. The van der Waals surface area contributed by atoms with Crippen LogP contribution in [0.3, 0.4) is 0 Å². The number of likely N-dealkylation sites (tertiary alicyclic amines) is 1. The van der Waals surface area contributed by atoms with Crippen LogP contribution in [0.25, 0.3) is 28.1 Å². The van der Waals surface area contributed by atoms with Crippen LogP contribution in [0.4, 0.5) is 8.78 Å². The molecule has 0 saturated carbocycles. The molecule has 1 saturated heterocycles. The van der Waals surface area contributed by atoms with Gasteiger partial charge in [-0.2, -0.15) is 0 Å². The van der Waals surface area contributed by atoms with E-state index >= 15 is 0 Å². The SMILES string of the molecule is CC.CN1CCC(F)(F)CC1.Cc1ncc(-c2ccc(-n3ccc4cc(C=O)cnc43)cn2)[nH]1. The van der Waals surface area contributed by atoms with Gasteiger partial charge in [0.2, 0.25) is 0 Å². The average molecular weight is 469 g/mol. The topological polar surface area (TPSA) is 79.7 Å². The van der Waals surface area contributed by atoms with E-state index in [-0.39, 0.29) is 12.8 Å². The number of hydrogen-bond donors (Lipinski definition) is 1. The van der Waals surface area contributed by atoms with Crippen LogP contribution in [-0.2, 0) is 0 Å². The molecule has 4 aromatic heterocycles. The van der Waals surface area contributed by atoms with Crippen LogP contribution in [0.15, 0.2) is 49.1 Å². The molecule has 7 nitrogen and oxygen atoms in total. The Hall–Kier alpha value is -3.46. The Kier molecular flexibility index (Phi) is 8.22. The van der Waals surface area contributed by atoms with Gasteiger partial charge in [-0.15, -0.1) is 0 Å². The van der Waals surface area contributed by atoms with Crippen molar-refractivity contribution in [3.63, 3.8) is 0 Å². The van der Waals surface area contributed by atoms with Crippen molar-refractivity contribution in [3.05, 3.63) is 60.4 Å². The molecule has 5 heterocycles. The van der Waals surface area contributed by atoms with E-state index in [0.29, 0.717) is 18.7 Å². The van der Waals surface area contributed by atoms with E-state index in [2.05, 4.69) is 19.9 Å². The van der Waals surface area contributed by atoms with E-state index in [9.17, 15) is 13.6 Å². The zero-order chi connectivity index (χ0) is 24.7. The quantitative estimate of drug-likeness (QED) is 0.413. The lowest BCUT2D eigenvalue weighted by Crippen LogP contribution is -2.36. The smallest absolute Gasteiger partial charge is 0.250 e. The Morgan fingerprint density at radius 2 is 1.76 bits per heavy atom. The highest BCUT2D eigenvalue weighted by Crippen LogP contribution is 2.26. The van der Waals surface area contributed by atoms with Gasteiger partial charge in [0.1, 0.15) is 11.5 Å². The molecule has 0 spiro atoms. The molecule has 4 aromatic rings. The third-order valence-corrected chi connectivity index (χ3v) is 5.41. The first-order chi connectivity index (χ1) is 16.3. The van der Waals surface area contributed by atoms with Crippen LogP contribution >= 0.6 is 0 Å². The fourth-order valence-electron chi connectivity index (χ4n) is 3.50. The summed E-state index contributed by atoms with van der Waals surface area (Å²) in [5.74, 6) is -1.52. The van der Waals surface area contributed by atoms with Crippen LogP contribution in [0.1, 0.15) is 42.9 Å². The summed E-state index contributed by atoms with van der Waals surface area (Å²) < 4.78 is 26.6. The molecule has 180 valence electrons. The van der Waals surface area contributed by atoms with E-state index < -0.39 is 5.92 Å². The van der Waals surface area contributed by atoms with Crippen LogP contribution < -0.4 is 0 Å². The van der Waals surface area contributed by atoms with Crippen molar-refractivity contribution in [3.8, 4) is 17.1 Å². The average Bonchev–Trinajstić information content (AvgIpc) is 3.48. The highest BCUT2D eigenvalue weighted by atomic mass is 19.3. The van der Waals surface area contributed by atoms with Crippen LogP contribution in [0, 0.1) is 6.92 Å². The fraction of sp³-hybridized carbons (Fsp3) is 0.360. The number of carbonyl (C=O) groups is 1. The first-order valence-corrected chi connectivity index (χ1v) is 11.3. The van der Waals surface area contributed by atoms with E-state index in [4.69, 9.17) is 0 Å². The molecular formula is C25H30F2N6O. The molecular weight excluding hydrogens is 438 g/mol. The van der Waals surface area contributed by atoms with Gasteiger partial charge >= 0.3 is 0 Å². The van der Waals surface area contributed by atoms with Gasteiger partial charge in [0.15, 0.2) is 6.29 Å². The summed E-state index contributed by atoms with van der Waals surface area (Å²) in [7, 11) is 1.87. The highest BCUT2D eigenvalue weighted by Gasteiger charge is 2.32. The number of aryl methyl sites for hydroxylation is 1. The van der Waals surface area contributed by atoms with Gasteiger partial charge in [0.25, 0.3) is 5.92 Å². The second kappa shape index (κ2) is 11.1. The number of hydrogen-bond acceptors (Lipinski definition) is 5. The maximum absolute atomic E-state index is 12.4. The summed E-state index contributed by atoms with van der Waals surface area (Å²) in [6.07, 6.45) is 7.91. The lowest BCUT2D eigenvalue weighted by atomic mass is 10.1. The highest BCUT2D eigenvalue weighted by molar-refractivity contribution is 5.85. The maximum atomic E-state index is 12.4. The summed E-state index contributed by atoms with van der Waals surface area (Å²) in [5.41, 5.74) is 3.99. The lowest BCUT2D eigenvalue weighted by molar-refractivity contribution is -0.0504. The molecule has 0 bridgehead atoms. The molecule has 1 aliphatic heterocycles. The number of fused-ring (bicyclic) bond motifs is 1. The number of rotatable bonds is 3. The minimum Gasteiger partial charge on any atom is -0.341 e. The number of aromatic nitrogens is 5. The summed E-state index contributed by atoms with van der Waals surface area (Å²) in [6.45, 7) is 6.98. The van der Waals surface area contributed by atoms with Crippen molar-refractivity contribution in [2.24, 2.45) is 0 Å². The van der Waals surface area contributed by atoms with Gasteiger partial charge in [-0.3, -0.25) is 14.3 Å². The van der Waals surface area contributed by atoms with E-state index in [1.165, 1.54) is 0 Å². The minimum atomic E-state index is -2.38. The largest absolute Gasteiger partial charge is 0.341 e. The summed E-state index contributed by atoms with van der Waals surface area (Å²) in [4.78, 5) is 29.0.